The molecule has 0 bridgehead atoms. The van der Waals surface area contributed by atoms with E-state index in [-0.39, 0.29) is 34.1 Å². The van der Waals surface area contributed by atoms with Crippen molar-refractivity contribution in [2.24, 2.45) is 5.16 Å². The first-order valence-corrected chi connectivity index (χ1v) is 15.2. The van der Waals surface area contributed by atoms with Crippen molar-refractivity contribution in [3.63, 3.8) is 0 Å². The molecule has 18 heteroatoms. The molecule has 1 saturated heterocycles. The first-order valence-electron chi connectivity index (χ1n) is 13.0. The molecular weight excluding hydrogens is 667 g/mol. The lowest BCUT2D eigenvalue weighted by molar-refractivity contribution is -0.275. The SMILES string of the molecule is Cc1cc(C2=NO[C@@](c3cc(Cl)c(F)c(Cl)c3)(C(F)(F)F)C2)ccc1C(=O)N(COC1CC1)[C@H]1CON(S(=O)(=O)C(F)F)C1. The van der Waals surface area contributed by atoms with Crippen LogP contribution in [0, 0.1) is 12.7 Å². The lowest BCUT2D eigenvalue weighted by Gasteiger charge is -2.30. The van der Waals surface area contributed by atoms with Gasteiger partial charge in [-0.1, -0.05) is 38.9 Å². The van der Waals surface area contributed by atoms with Crippen LogP contribution in [0.1, 0.15) is 46.3 Å². The molecule has 44 heavy (non-hydrogen) atoms. The van der Waals surface area contributed by atoms with Gasteiger partial charge >= 0.3 is 11.9 Å². The van der Waals surface area contributed by atoms with Gasteiger partial charge in [-0.2, -0.15) is 22.0 Å². The third-order valence-corrected chi connectivity index (χ3v) is 9.20. The Morgan fingerprint density at radius 1 is 1.20 bits per heavy atom. The molecule has 2 aliphatic heterocycles. The Morgan fingerprint density at radius 2 is 1.86 bits per heavy atom. The van der Waals surface area contributed by atoms with Crippen molar-refractivity contribution in [2.75, 3.05) is 19.9 Å². The Bertz CT molecular complexity index is 1580. The van der Waals surface area contributed by atoms with Gasteiger partial charge in [-0.3, -0.25) is 9.63 Å². The maximum atomic E-state index is 14.4. The molecule has 9 nitrogen and oxygen atoms in total. The van der Waals surface area contributed by atoms with Gasteiger partial charge in [0.2, 0.25) is 0 Å². The Hall–Kier alpha value is -2.63. The molecule has 0 radical (unpaired) electrons. The fourth-order valence-electron chi connectivity index (χ4n) is 4.74. The van der Waals surface area contributed by atoms with Crippen LogP contribution in [-0.4, -0.2) is 73.4 Å². The highest BCUT2D eigenvalue weighted by atomic mass is 35.5. The van der Waals surface area contributed by atoms with Crippen LogP contribution >= 0.6 is 23.2 Å². The molecule has 2 fully saturated rings. The maximum Gasteiger partial charge on any atom is 0.435 e. The van der Waals surface area contributed by atoms with Crippen molar-refractivity contribution in [1.82, 2.24) is 9.37 Å². The number of benzene rings is 2. The lowest BCUT2D eigenvalue weighted by atomic mass is 9.86. The van der Waals surface area contributed by atoms with E-state index in [0.29, 0.717) is 5.56 Å². The number of halogens is 8. The number of alkyl halides is 5. The number of sulfonamides is 1. The smallest absolute Gasteiger partial charge is 0.374 e. The van der Waals surface area contributed by atoms with Crippen molar-refractivity contribution in [1.29, 1.82) is 0 Å². The number of nitrogens with zero attached hydrogens (tertiary/aromatic N) is 3. The topological polar surface area (TPSA) is 97.7 Å². The molecule has 0 N–H and O–H groups in total. The fraction of sp³-hybridized carbons (Fsp3) is 0.462. The minimum atomic E-state index is -5.06. The Labute approximate surface area is 257 Å². The van der Waals surface area contributed by atoms with Gasteiger partial charge in [0, 0.05) is 17.5 Å². The molecule has 2 atom stereocenters. The number of ether oxygens (including phenoxy) is 1. The number of hydroxylamine groups is 1. The molecule has 3 aliphatic rings. The zero-order chi connectivity index (χ0) is 32.2. The summed E-state index contributed by atoms with van der Waals surface area (Å²) in [7, 11) is -5.06. The van der Waals surface area contributed by atoms with E-state index in [0.717, 1.165) is 29.9 Å². The summed E-state index contributed by atoms with van der Waals surface area (Å²) in [6.45, 7) is 0.281. The molecule has 1 amide bonds. The zero-order valence-corrected chi connectivity index (χ0v) is 24.9. The third-order valence-electron chi connectivity index (χ3n) is 7.38. The van der Waals surface area contributed by atoms with Crippen LogP contribution in [0.3, 0.4) is 0 Å². The van der Waals surface area contributed by atoms with Crippen molar-refractivity contribution in [3.05, 3.63) is 68.4 Å². The minimum absolute atomic E-state index is 0.0852. The van der Waals surface area contributed by atoms with Gasteiger partial charge in [0.1, 0.15) is 6.73 Å². The molecule has 2 aromatic carbocycles. The first kappa shape index (κ1) is 32.8. The lowest BCUT2D eigenvalue weighted by Crippen LogP contribution is -2.45. The van der Waals surface area contributed by atoms with Crippen LogP contribution in [0.2, 0.25) is 10.0 Å². The van der Waals surface area contributed by atoms with Gasteiger partial charge in [-0.05, 0) is 55.2 Å². The largest absolute Gasteiger partial charge is 0.435 e. The Morgan fingerprint density at radius 3 is 2.43 bits per heavy atom. The zero-order valence-electron chi connectivity index (χ0n) is 22.6. The minimum Gasteiger partial charge on any atom is -0.374 e. The second-order valence-corrected chi connectivity index (χ2v) is 13.0. The van der Waals surface area contributed by atoms with Gasteiger partial charge in [0.15, 0.2) is 5.82 Å². The van der Waals surface area contributed by atoms with E-state index in [9.17, 15) is 39.6 Å². The summed E-state index contributed by atoms with van der Waals surface area (Å²) in [5.41, 5.74) is -3.13. The second-order valence-electron chi connectivity index (χ2n) is 10.4. The van der Waals surface area contributed by atoms with Crippen molar-refractivity contribution in [2.45, 2.75) is 55.9 Å². The molecule has 0 spiro atoms. The van der Waals surface area contributed by atoms with E-state index in [4.69, 9.17) is 37.6 Å². The van der Waals surface area contributed by atoms with Crippen LogP contribution in [0.15, 0.2) is 35.5 Å². The maximum absolute atomic E-state index is 14.4. The summed E-state index contributed by atoms with van der Waals surface area (Å²) in [5, 5.41) is 2.39. The van der Waals surface area contributed by atoms with Crippen molar-refractivity contribution < 1.29 is 54.0 Å². The second kappa shape index (κ2) is 11.9. The van der Waals surface area contributed by atoms with Gasteiger partial charge in [-0.15, -0.1) is 0 Å². The summed E-state index contributed by atoms with van der Waals surface area (Å²) < 4.78 is 113. The summed E-state index contributed by atoms with van der Waals surface area (Å²) >= 11 is 11.5. The van der Waals surface area contributed by atoms with E-state index >= 15 is 0 Å². The standard InChI is InChI=1S/C26H23Cl2F6N3O6S/c1-13-6-14(21-9-25(43-35-21,26(32,33)34)15-7-19(27)22(29)20(28)8-15)2-5-18(13)23(38)36(12-41-17-3-4-17)16-10-37(42-11-16)44(39,40)24(30)31/h2,5-8,16-17,24H,3-4,9-12H2,1H3/t16-,25+/m1/s1. The third kappa shape index (κ3) is 6.11. The van der Waals surface area contributed by atoms with Gasteiger partial charge < -0.3 is 14.5 Å². The molecule has 0 unspecified atom stereocenters. The molecule has 2 aromatic rings. The number of carbonyl (C=O) groups excluding carboxylic acids is 1. The summed E-state index contributed by atoms with van der Waals surface area (Å²) in [6.07, 6.45) is -4.45. The van der Waals surface area contributed by atoms with Crippen LogP contribution < -0.4 is 0 Å². The van der Waals surface area contributed by atoms with E-state index in [2.05, 4.69) is 5.16 Å². The number of hydrogen-bond donors (Lipinski definition) is 0. The van der Waals surface area contributed by atoms with Crippen LogP contribution in [0.4, 0.5) is 26.3 Å². The Balaban J connectivity index is 1.39. The molecular formula is C26H23Cl2F6N3O6S. The summed E-state index contributed by atoms with van der Waals surface area (Å²) in [6, 6.07) is 4.65. The number of oxime groups is 1. The molecule has 2 heterocycles. The highest BCUT2D eigenvalue weighted by Gasteiger charge is 2.62. The number of carbonyl (C=O) groups is 1. The summed E-state index contributed by atoms with van der Waals surface area (Å²) in [5.74, 6) is -5.46. The average Bonchev–Trinajstić information content (AvgIpc) is 3.43. The number of amides is 1. The molecule has 5 rings (SSSR count). The average molecular weight is 690 g/mol. The molecule has 240 valence electrons. The van der Waals surface area contributed by atoms with Crippen LogP contribution in [0.25, 0.3) is 0 Å². The van der Waals surface area contributed by atoms with Gasteiger partial charge in [-0.25, -0.2) is 12.8 Å². The van der Waals surface area contributed by atoms with Crippen molar-refractivity contribution in [3.8, 4) is 0 Å². The Kier molecular flexibility index (Phi) is 8.89. The quantitative estimate of drug-likeness (QED) is 0.188. The van der Waals surface area contributed by atoms with E-state index in [1.807, 2.05) is 0 Å². The normalized spacial score (nSPS) is 22.8. The van der Waals surface area contributed by atoms with Crippen molar-refractivity contribution >= 4 is 44.8 Å². The number of aryl methyl sites for hydroxylation is 1. The van der Waals surface area contributed by atoms with E-state index in [1.165, 1.54) is 25.1 Å². The fourth-order valence-corrected chi connectivity index (χ4v) is 5.99. The predicted octanol–water partition coefficient (Wildman–Crippen LogP) is 5.77. The van der Waals surface area contributed by atoms with Crippen LogP contribution in [-0.2, 0) is 30.0 Å². The van der Waals surface area contributed by atoms with E-state index < -0.39 is 80.5 Å². The van der Waals surface area contributed by atoms with Crippen LogP contribution in [0.5, 0.6) is 0 Å². The first-order chi connectivity index (χ1) is 20.5. The molecule has 1 saturated carbocycles. The number of rotatable bonds is 9. The van der Waals surface area contributed by atoms with Gasteiger partial charge in [0.25, 0.3) is 21.5 Å². The van der Waals surface area contributed by atoms with Gasteiger partial charge in [0.05, 0.1) is 41.1 Å². The predicted molar refractivity (Wildman–Crippen MR) is 144 cm³/mol. The van der Waals surface area contributed by atoms with E-state index in [1.54, 1.807) is 0 Å². The highest BCUT2D eigenvalue weighted by molar-refractivity contribution is 7.89. The molecule has 0 aromatic heterocycles. The highest BCUT2D eigenvalue weighted by Crippen LogP contribution is 2.50. The summed E-state index contributed by atoms with van der Waals surface area (Å²) in [4.78, 5) is 24.7. The number of hydrogen-bond acceptors (Lipinski definition) is 7. The molecule has 1 aliphatic carbocycles. The monoisotopic (exact) mass is 689 g/mol.